The zero-order valence-corrected chi connectivity index (χ0v) is 16.9. The molecule has 1 aliphatic heterocycles. The minimum absolute atomic E-state index is 0.808. The molecule has 0 saturated carbocycles. The van der Waals surface area contributed by atoms with E-state index in [9.17, 15) is 4.57 Å². The number of hydrogen-bond acceptors (Lipinski definition) is 1. The molecule has 2 aromatic carbocycles. The molecule has 0 radical (unpaired) electrons. The van der Waals surface area contributed by atoms with E-state index in [2.05, 4.69) is 11.6 Å². The quantitative estimate of drug-likeness (QED) is 0.446. The van der Waals surface area contributed by atoms with Gasteiger partial charge in [-0.25, -0.2) is 4.67 Å². The first-order chi connectivity index (χ1) is 12.7. The van der Waals surface area contributed by atoms with E-state index in [1.165, 1.54) is 44.9 Å². The Bertz CT molecular complexity index is 649. The molecule has 1 fully saturated rings. The van der Waals surface area contributed by atoms with Crippen molar-refractivity contribution in [3.8, 4) is 0 Å². The lowest BCUT2D eigenvalue weighted by molar-refractivity contribution is 0.261. The highest BCUT2D eigenvalue weighted by atomic mass is 31.2. The van der Waals surface area contributed by atoms with Crippen molar-refractivity contribution in [2.75, 3.05) is 13.1 Å². The van der Waals surface area contributed by atoms with Gasteiger partial charge < -0.3 is 0 Å². The molecule has 0 aliphatic carbocycles. The monoisotopic (exact) mass is 369 g/mol. The maximum Gasteiger partial charge on any atom is 0.207 e. The van der Waals surface area contributed by atoms with Crippen LogP contribution in [0.2, 0.25) is 0 Å². The van der Waals surface area contributed by atoms with Gasteiger partial charge in [0.1, 0.15) is 0 Å². The van der Waals surface area contributed by atoms with Gasteiger partial charge in [-0.2, -0.15) is 0 Å². The minimum Gasteiger partial charge on any atom is -0.296 e. The molecule has 26 heavy (non-hydrogen) atoms. The zero-order valence-electron chi connectivity index (χ0n) is 16.0. The van der Waals surface area contributed by atoms with Crippen molar-refractivity contribution in [2.24, 2.45) is 5.92 Å². The van der Waals surface area contributed by atoms with Crippen LogP contribution in [0, 0.1) is 5.92 Å². The Morgan fingerprint density at radius 1 is 0.846 bits per heavy atom. The summed E-state index contributed by atoms with van der Waals surface area (Å²) >= 11 is 0. The molecule has 2 nitrogen and oxygen atoms in total. The molecule has 1 heterocycles. The SMILES string of the molecule is CCCCCCC1CCN(P(=O)(c2ccccc2)c2ccccc2)CC1. The van der Waals surface area contributed by atoms with Gasteiger partial charge in [-0.15, -0.1) is 0 Å². The number of rotatable bonds is 8. The van der Waals surface area contributed by atoms with Crippen LogP contribution in [-0.2, 0) is 4.57 Å². The van der Waals surface area contributed by atoms with Gasteiger partial charge in [0, 0.05) is 23.7 Å². The van der Waals surface area contributed by atoms with E-state index in [4.69, 9.17) is 0 Å². The molecule has 3 heteroatoms. The smallest absolute Gasteiger partial charge is 0.207 e. The Kier molecular flexibility index (Phi) is 7.11. The van der Waals surface area contributed by atoms with Gasteiger partial charge in [-0.3, -0.25) is 4.57 Å². The van der Waals surface area contributed by atoms with Gasteiger partial charge in [0.2, 0.25) is 7.29 Å². The Labute approximate surface area is 159 Å². The average molecular weight is 369 g/mol. The Hall–Kier alpha value is -1.37. The summed E-state index contributed by atoms with van der Waals surface area (Å²) in [5, 5.41) is 1.93. The Balaban J connectivity index is 1.73. The predicted molar refractivity (Wildman–Crippen MR) is 113 cm³/mol. The average Bonchev–Trinajstić information content (AvgIpc) is 2.72. The van der Waals surface area contributed by atoms with Gasteiger partial charge in [0.25, 0.3) is 0 Å². The third-order valence-corrected chi connectivity index (χ3v) is 8.86. The first-order valence-electron chi connectivity index (χ1n) is 10.2. The van der Waals surface area contributed by atoms with Crippen LogP contribution in [0.5, 0.6) is 0 Å². The fraction of sp³-hybridized carbons (Fsp3) is 0.478. The van der Waals surface area contributed by atoms with Crippen molar-refractivity contribution in [2.45, 2.75) is 51.9 Å². The standard InChI is InChI=1S/C23H32NOP/c1-2-3-4-7-12-21-17-19-24(20-18-21)26(25,22-13-8-5-9-14-22)23-15-10-6-11-16-23/h5-6,8-11,13-16,21H,2-4,7,12,17-20H2,1H3. The summed E-state index contributed by atoms with van der Waals surface area (Å²) in [6.45, 7) is 4.15. The molecule has 0 amide bonds. The molecular formula is C23H32NOP. The number of hydrogen-bond donors (Lipinski definition) is 0. The summed E-state index contributed by atoms with van der Waals surface area (Å²) in [6, 6.07) is 20.2. The first kappa shape index (κ1) is 19.4. The second-order valence-corrected chi connectivity index (χ2v) is 10.2. The molecule has 140 valence electrons. The molecule has 3 rings (SSSR count). The van der Waals surface area contributed by atoms with E-state index in [-0.39, 0.29) is 0 Å². The number of piperidine rings is 1. The molecule has 0 bridgehead atoms. The summed E-state index contributed by atoms with van der Waals surface area (Å²) in [6.07, 6.45) is 9.07. The van der Waals surface area contributed by atoms with E-state index in [0.717, 1.165) is 29.6 Å². The fourth-order valence-corrected chi connectivity index (χ4v) is 6.98. The third kappa shape index (κ3) is 4.48. The molecule has 1 aliphatic rings. The van der Waals surface area contributed by atoms with Crippen LogP contribution in [0.1, 0.15) is 51.9 Å². The maximum absolute atomic E-state index is 14.3. The first-order valence-corrected chi connectivity index (χ1v) is 11.9. The number of nitrogens with zero attached hydrogens (tertiary/aromatic N) is 1. The zero-order chi connectivity index (χ0) is 18.2. The highest BCUT2D eigenvalue weighted by Crippen LogP contribution is 2.49. The molecule has 0 aromatic heterocycles. The number of unbranched alkanes of at least 4 members (excludes halogenated alkanes) is 3. The maximum atomic E-state index is 14.3. The van der Waals surface area contributed by atoms with Crippen LogP contribution >= 0.6 is 7.29 Å². The molecular weight excluding hydrogens is 337 g/mol. The lowest BCUT2D eigenvalue weighted by Crippen LogP contribution is -2.38. The lowest BCUT2D eigenvalue weighted by atomic mass is 9.92. The summed E-state index contributed by atoms with van der Waals surface area (Å²) in [5.41, 5.74) is 0. The van der Waals surface area contributed by atoms with Crippen LogP contribution in [-0.4, -0.2) is 17.8 Å². The van der Waals surface area contributed by atoms with Gasteiger partial charge in [0.05, 0.1) is 0 Å². The van der Waals surface area contributed by atoms with Crippen molar-refractivity contribution in [1.82, 2.24) is 4.67 Å². The lowest BCUT2D eigenvalue weighted by Gasteiger charge is -2.38. The molecule has 0 atom stereocenters. The van der Waals surface area contributed by atoms with Gasteiger partial charge >= 0.3 is 0 Å². The predicted octanol–water partition coefficient (Wildman–Crippen LogP) is 5.60. The van der Waals surface area contributed by atoms with Crippen molar-refractivity contribution < 1.29 is 4.57 Å². The minimum atomic E-state index is -2.73. The molecule has 0 unspecified atom stereocenters. The van der Waals surface area contributed by atoms with Crippen molar-refractivity contribution in [1.29, 1.82) is 0 Å². The van der Waals surface area contributed by atoms with Crippen molar-refractivity contribution in [3.63, 3.8) is 0 Å². The van der Waals surface area contributed by atoms with E-state index in [0.29, 0.717) is 0 Å². The van der Waals surface area contributed by atoms with E-state index >= 15 is 0 Å². The molecule has 0 N–H and O–H groups in total. The van der Waals surface area contributed by atoms with Crippen molar-refractivity contribution >= 4 is 17.9 Å². The second-order valence-electron chi connectivity index (χ2n) is 7.49. The summed E-state index contributed by atoms with van der Waals surface area (Å²) < 4.78 is 16.6. The van der Waals surface area contributed by atoms with E-state index in [1.54, 1.807) is 0 Å². The van der Waals surface area contributed by atoms with Crippen LogP contribution in [0.3, 0.4) is 0 Å². The Morgan fingerprint density at radius 2 is 1.38 bits per heavy atom. The van der Waals surface area contributed by atoms with Gasteiger partial charge in [-0.05, 0) is 43.0 Å². The van der Waals surface area contributed by atoms with Crippen LogP contribution < -0.4 is 10.6 Å². The van der Waals surface area contributed by atoms with Crippen LogP contribution in [0.25, 0.3) is 0 Å². The summed E-state index contributed by atoms with van der Waals surface area (Å²) in [4.78, 5) is 0. The molecule has 2 aromatic rings. The van der Waals surface area contributed by atoms with Crippen LogP contribution in [0.4, 0.5) is 0 Å². The highest BCUT2D eigenvalue weighted by Gasteiger charge is 2.36. The van der Waals surface area contributed by atoms with E-state index in [1.807, 2.05) is 60.7 Å². The summed E-state index contributed by atoms with van der Waals surface area (Å²) in [5.74, 6) is 0.808. The topological polar surface area (TPSA) is 20.3 Å². The van der Waals surface area contributed by atoms with Gasteiger partial charge in [0.15, 0.2) is 0 Å². The van der Waals surface area contributed by atoms with E-state index < -0.39 is 7.29 Å². The fourth-order valence-electron chi connectivity index (χ4n) is 4.09. The Morgan fingerprint density at radius 3 is 1.88 bits per heavy atom. The normalized spacial score (nSPS) is 16.7. The van der Waals surface area contributed by atoms with Gasteiger partial charge in [-0.1, -0.05) is 75.4 Å². The second kappa shape index (κ2) is 9.53. The largest absolute Gasteiger partial charge is 0.296 e. The molecule has 1 saturated heterocycles. The highest BCUT2D eigenvalue weighted by molar-refractivity contribution is 7.76. The van der Waals surface area contributed by atoms with Crippen LogP contribution in [0.15, 0.2) is 60.7 Å². The third-order valence-electron chi connectivity index (χ3n) is 5.67. The summed E-state index contributed by atoms with van der Waals surface area (Å²) in [7, 11) is -2.73. The molecule has 0 spiro atoms. The van der Waals surface area contributed by atoms with Crippen molar-refractivity contribution in [3.05, 3.63) is 60.7 Å². The number of benzene rings is 2.